The van der Waals surface area contributed by atoms with Gasteiger partial charge < -0.3 is 24.8 Å². The van der Waals surface area contributed by atoms with E-state index in [1.54, 1.807) is 12.4 Å². The highest BCUT2D eigenvalue weighted by Crippen LogP contribution is 2.42. The predicted molar refractivity (Wildman–Crippen MR) is 193 cm³/mol. The molecule has 9 heteroatoms. The molecule has 3 heterocycles. The molecule has 0 spiro atoms. The van der Waals surface area contributed by atoms with Crippen molar-refractivity contribution in [1.29, 1.82) is 0 Å². The number of carbonyl (C=O) groups excluding carboxylic acids is 1. The summed E-state index contributed by atoms with van der Waals surface area (Å²) in [6.07, 6.45) is 2.75. The third-order valence-electron chi connectivity index (χ3n) is 9.68. The zero-order chi connectivity index (χ0) is 34.3. The van der Waals surface area contributed by atoms with Gasteiger partial charge in [-0.1, -0.05) is 85.8 Å². The van der Waals surface area contributed by atoms with Crippen molar-refractivity contribution in [2.75, 3.05) is 37.6 Å². The average Bonchev–Trinajstić information content (AvgIpc) is 3.19. The molecule has 2 aliphatic heterocycles. The molecule has 2 N–H and O–H groups in total. The molecule has 4 aromatic carbocycles. The standard InChI is InChI=1S/C41H43N5O4/c1-29-37(27-45-20-22-46(23-21-45)41-42-18-7-19-43-41)49-40(50-38(29)32-16-14-30(28-47)15-17-32)36-13-6-12-35(25-36)34-11-5-8-31(24-34)26-44-39(48)33-9-3-2-4-10-33/h2-19,24-25,29,37-38,40,47H,20-23,26-28H2,1H3,(H,44,48)/t29-,37+,38+,40+/m0/s1. The molecule has 5 aromatic rings. The number of nitrogens with one attached hydrogen (secondary N) is 1. The maximum absolute atomic E-state index is 12.6. The third kappa shape index (κ3) is 7.93. The number of hydrogen-bond acceptors (Lipinski definition) is 8. The zero-order valence-electron chi connectivity index (χ0n) is 28.3. The molecule has 2 saturated heterocycles. The smallest absolute Gasteiger partial charge is 0.251 e. The number of nitrogens with zero attached hydrogens (tertiary/aromatic N) is 4. The summed E-state index contributed by atoms with van der Waals surface area (Å²) in [6, 6.07) is 35.7. The number of benzene rings is 4. The largest absolute Gasteiger partial charge is 0.392 e. The van der Waals surface area contributed by atoms with E-state index in [1.807, 2.05) is 66.7 Å². The maximum Gasteiger partial charge on any atom is 0.251 e. The minimum Gasteiger partial charge on any atom is -0.392 e. The number of amides is 1. The van der Waals surface area contributed by atoms with Gasteiger partial charge in [0.05, 0.1) is 18.8 Å². The van der Waals surface area contributed by atoms with Gasteiger partial charge in [-0.3, -0.25) is 9.69 Å². The van der Waals surface area contributed by atoms with Crippen molar-refractivity contribution in [2.45, 2.75) is 38.6 Å². The van der Waals surface area contributed by atoms with Crippen LogP contribution in [0.25, 0.3) is 11.1 Å². The fraction of sp³-hybridized carbons (Fsp3) is 0.293. The van der Waals surface area contributed by atoms with Crippen molar-refractivity contribution in [3.05, 3.63) is 149 Å². The SMILES string of the molecule is C[C@H]1[C@@H](CN2CCN(c3ncccn3)CC2)O[C@@H](c2cccc(-c3cccc(CNC(=O)c4ccccc4)c3)c2)O[C@H]1c1ccc(CO)cc1. The molecular formula is C41H43N5O4. The Kier molecular flexibility index (Phi) is 10.6. The Labute approximate surface area is 293 Å². The first-order valence-corrected chi connectivity index (χ1v) is 17.3. The van der Waals surface area contributed by atoms with Gasteiger partial charge in [0.1, 0.15) is 0 Å². The highest BCUT2D eigenvalue weighted by Gasteiger charge is 2.39. The summed E-state index contributed by atoms with van der Waals surface area (Å²) < 4.78 is 13.6. The minimum atomic E-state index is -0.564. The van der Waals surface area contributed by atoms with Gasteiger partial charge >= 0.3 is 0 Å². The Balaban J connectivity index is 1.08. The average molecular weight is 670 g/mol. The van der Waals surface area contributed by atoms with Gasteiger partial charge in [0, 0.05) is 68.7 Å². The van der Waals surface area contributed by atoms with Crippen LogP contribution in [0.4, 0.5) is 5.95 Å². The number of aliphatic hydroxyl groups is 1. The van der Waals surface area contributed by atoms with E-state index in [0.717, 1.165) is 72.1 Å². The van der Waals surface area contributed by atoms with Gasteiger partial charge in [-0.05, 0) is 58.1 Å². The topological polar surface area (TPSA) is 100 Å². The van der Waals surface area contributed by atoms with Crippen LogP contribution in [0, 0.1) is 5.92 Å². The normalized spacial score (nSPS) is 21.1. The van der Waals surface area contributed by atoms with Crippen LogP contribution in [0.5, 0.6) is 0 Å². The Morgan fingerprint density at radius 3 is 2.24 bits per heavy atom. The van der Waals surface area contributed by atoms with Crippen molar-refractivity contribution in [3.63, 3.8) is 0 Å². The second kappa shape index (κ2) is 15.7. The zero-order valence-corrected chi connectivity index (χ0v) is 28.3. The molecule has 2 aliphatic rings. The van der Waals surface area contributed by atoms with Crippen molar-refractivity contribution >= 4 is 11.9 Å². The lowest BCUT2D eigenvalue weighted by molar-refractivity contribution is -0.276. The number of rotatable bonds is 10. The first-order chi connectivity index (χ1) is 24.5. The lowest BCUT2D eigenvalue weighted by Crippen LogP contribution is -2.51. The third-order valence-corrected chi connectivity index (χ3v) is 9.68. The van der Waals surface area contributed by atoms with Crippen LogP contribution in [-0.2, 0) is 22.6 Å². The fourth-order valence-electron chi connectivity index (χ4n) is 6.77. The Hall–Kier alpha value is -4.93. The van der Waals surface area contributed by atoms with E-state index < -0.39 is 6.29 Å². The van der Waals surface area contributed by atoms with E-state index in [9.17, 15) is 9.90 Å². The summed E-state index contributed by atoms with van der Waals surface area (Å²) in [5.41, 5.74) is 6.64. The fourth-order valence-corrected chi connectivity index (χ4v) is 6.77. The quantitative estimate of drug-likeness (QED) is 0.182. The van der Waals surface area contributed by atoms with Crippen LogP contribution in [-0.4, -0.2) is 64.7 Å². The van der Waals surface area contributed by atoms with E-state index in [2.05, 4.69) is 74.5 Å². The van der Waals surface area contributed by atoms with E-state index >= 15 is 0 Å². The van der Waals surface area contributed by atoms with Gasteiger partial charge in [-0.15, -0.1) is 0 Å². The van der Waals surface area contributed by atoms with E-state index in [0.29, 0.717) is 12.1 Å². The van der Waals surface area contributed by atoms with E-state index in [-0.39, 0.29) is 30.6 Å². The predicted octanol–water partition coefficient (Wildman–Crippen LogP) is 6.18. The van der Waals surface area contributed by atoms with Crippen LogP contribution < -0.4 is 10.2 Å². The molecule has 9 nitrogen and oxygen atoms in total. The molecule has 0 bridgehead atoms. The molecule has 1 aromatic heterocycles. The highest BCUT2D eigenvalue weighted by molar-refractivity contribution is 5.94. The number of aromatic nitrogens is 2. The molecule has 50 heavy (non-hydrogen) atoms. The summed E-state index contributed by atoms with van der Waals surface area (Å²) in [6.45, 7) is 6.92. The molecule has 0 aliphatic carbocycles. The first-order valence-electron chi connectivity index (χ1n) is 17.3. The monoisotopic (exact) mass is 669 g/mol. The molecule has 0 unspecified atom stereocenters. The lowest BCUT2D eigenvalue weighted by atomic mass is 9.89. The van der Waals surface area contributed by atoms with Gasteiger partial charge in [0.25, 0.3) is 5.91 Å². The number of carbonyl (C=O) groups is 1. The van der Waals surface area contributed by atoms with E-state index in [1.165, 1.54) is 0 Å². The Bertz CT molecular complexity index is 1850. The summed E-state index contributed by atoms with van der Waals surface area (Å²) in [4.78, 5) is 26.2. The maximum atomic E-state index is 12.6. The van der Waals surface area contributed by atoms with Crippen molar-refractivity contribution in [1.82, 2.24) is 20.2 Å². The minimum absolute atomic E-state index is 0.00308. The molecule has 1 amide bonds. The second-order valence-corrected chi connectivity index (χ2v) is 13.0. The first kappa shape index (κ1) is 33.6. The van der Waals surface area contributed by atoms with Gasteiger partial charge in [0.15, 0.2) is 6.29 Å². The lowest BCUT2D eigenvalue weighted by Gasteiger charge is -2.44. The molecule has 4 atom stereocenters. The molecule has 0 radical (unpaired) electrons. The van der Waals surface area contributed by atoms with Crippen molar-refractivity contribution in [3.8, 4) is 11.1 Å². The number of piperazine rings is 1. The molecular weight excluding hydrogens is 626 g/mol. The van der Waals surface area contributed by atoms with Gasteiger partial charge in [0.2, 0.25) is 5.95 Å². The molecule has 2 fully saturated rings. The van der Waals surface area contributed by atoms with Crippen LogP contribution in [0.15, 0.2) is 122 Å². The number of ether oxygens (including phenoxy) is 2. The number of anilines is 1. The Morgan fingerprint density at radius 1 is 0.780 bits per heavy atom. The van der Waals surface area contributed by atoms with Gasteiger partial charge in [-0.25, -0.2) is 9.97 Å². The van der Waals surface area contributed by atoms with Crippen LogP contribution >= 0.6 is 0 Å². The molecule has 7 rings (SSSR count). The summed E-state index contributed by atoms with van der Waals surface area (Å²) in [5, 5.41) is 12.7. The summed E-state index contributed by atoms with van der Waals surface area (Å²) in [5.74, 6) is 0.769. The number of aliphatic hydroxyl groups excluding tert-OH is 1. The summed E-state index contributed by atoms with van der Waals surface area (Å²) >= 11 is 0. The van der Waals surface area contributed by atoms with Crippen LogP contribution in [0.1, 0.15) is 51.9 Å². The molecule has 256 valence electrons. The van der Waals surface area contributed by atoms with Crippen LogP contribution in [0.2, 0.25) is 0 Å². The van der Waals surface area contributed by atoms with E-state index in [4.69, 9.17) is 9.47 Å². The van der Waals surface area contributed by atoms with Crippen LogP contribution in [0.3, 0.4) is 0 Å². The van der Waals surface area contributed by atoms with Crippen molar-refractivity contribution in [2.24, 2.45) is 5.92 Å². The number of hydrogen-bond donors (Lipinski definition) is 2. The van der Waals surface area contributed by atoms with Crippen molar-refractivity contribution < 1.29 is 19.4 Å². The summed E-state index contributed by atoms with van der Waals surface area (Å²) in [7, 11) is 0. The Morgan fingerprint density at radius 2 is 1.50 bits per heavy atom. The highest BCUT2D eigenvalue weighted by atomic mass is 16.7. The second-order valence-electron chi connectivity index (χ2n) is 13.0. The molecule has 0 saturated carbocycles. The van der Waals surface area contributed by atoms with Gasteiger partial charge in [-0.2, -0.15) is 0 Å².